The van der Waals surface area contributed by atoms with Crippen LogP contribution in [0.3, 0.4) is 0 Å². The molecule has 6 heteroatoms. The molecule has 0 bridgehead atoms. The van der Waals surface area contributed by atoms with Crippen LogP contribution >= 0.6 is 11.3 Å². The van der Waals surface area contributed by atoms with E-state index in [1.807, 2.05) is 41.7 Å². The van der Waals surface area contributed by atoms with E-state index in [2.05, 4.69) is 23.1 Å². The van der Waals surface area contributed by atoms with E-state index in [0.717, 1.165) is 49.2 Å². The highest BCUT2D eigenvalue weighted by molar-refractivity contribution is 7.18. The number of carbonyl (C=O) groups excluding carboxylic acids is 1. The Hall–Kier alpha value is -2.28. The van der Waals surface area contributed by atoms with Crippen LogP contribution in [0, 0.1) is 0 Å². The van der Waals surface area contributed by atoms with E-state index in [-0.39, 0.29) is 12.4 Å². The van der Waals surface area contributed by atoms with Gasteiger partial charge in [-0.1, -0.05) is 24.3 Å². The van der Waals surface area contributed by atoms with Crippen molar-refractivity contribution in [3.8, 4) is 5.75 Å². The van der Waals surface area contributed by atoms with Gasteiger partial charge in [-0.15, -0.1) is 11.3 Å². The molecule has 4 rings (SSSR count). The number of nitrogens with zero attached hydrogens (tertiary/aromatic N) is 2. The van der Waals surface area contributed by atoms with Crippen molar-refractivity contribution >= 4 is 27.3 Å². The minimum atomic E-state index is -0.517. The third-order valence-electron chi connectivity index (χ3n) is 5.85. The largest absolute Gasteiger partial charge is 0.491 e. The maximum Gasteiger partial charge on any atom is 0.130 e. The summed E-state index contributed by atoms with van der Waals surface area (Å²) in [6.45, 7) is 4.47. The Bertz CT molecular complexity index is 960. The van der Waals surface area contributed by atoms with Crippen LogP contribution in [-0.2, 0) is 11.2 Å². The molecule has 5 nitrogen and oxygen atoms in total. The monoisotopic (exact) mass is 438 g/mol. The average Bonchev–Trinajstić information content (AvgIpc) is 3.22. The maximum absolute atomic E-state index is 11.1. The van der Waals surface area contributed by atoms with Gasteiger partial charge in [0, 0.05) is 18.9 Å². The van der Waals surface area contributed by atoms with Crippen LogP contribution in [0.15, 0.2) is 48.5 Å². The number of aliphatic hydroxyl groups is 1. The summed E-state index contributed by atoms with van der Waals surface area (Å²) in [7, 11) is 0. The van der Waals surface area contributed by atoms with E-state index >= 15 is 0 Å². The van der Waals surface area contributed by atoms with Crippen molar-refractivity contribution in [2.24, 2.45) is 0 Å². The average molecular weight is 439 g/mol. The predicted octanol–water partition coefficient (Wildman–Crippen LogP) is 4.44. The molecule has 3 aromatic rings. The molecule has 1 atom stereocenters. The lowest BCUT2D eigenvalue weighted by molar-refractivity contribution is -0.116. The summed E-state index contributed by atoms with van der Waals surface area (Å²) in [5, 5.41) is 11.7. The summed E-state index contributed by atoms with van der Waals surface area (Å²) in [6.07, 6.45) is 2.96. The van der Waals surface area contributed by atoms with E-state index < -0.39 is 6.10 Å². The molecule has 1 N–H and O–H groups in total. The van der Waals surface area contributed by atoms with Crippen molar-refractivity contribution < 1.29 is 14.6 Å². The molecule has 1 aromatic heterocycles. The molecule has 0 amide bonds. The fourth-order valence-corrected chi connectivity index (χ4v) is 5.18. The van der Waals surface area contributed by atoms with Crippen molar-refractivity contribution in [1.29, 1.82) is 0 Å². The number of carbonyl (C=O) groups is 1. The van der Waals surface area contributed by atoms with Gasteiger partial charge in [-0.2, -0.15) is 0 Å². The SMILES string of the molecule is CC(=O)CCc1ccc(OCC(O)CN2CCC(c3nc4ccccc4s3)CC2)cc1. The van der Waals surface area contributed by atoms with Gasteiger partial charge in [-0.25, -0.2) is 4.98 Å². The lowest BCUT2D eigenvalue weighted by Crippen LogP contribution is -2.40. The zero-order valence-electron chi connectivity index (χ0n) is 18.0. The van der Waals surface area contributed by atoms with Crippen molar-refractivity contribution in [1.82, 2.24) is 9.88 Å². The Kier molecular flexibility index (Phi) is 7.33. The first-order valence-electron chi connectivity index (χ1n) is 11.0. The number of ether oxygens (including phenoxy) is 1. The van der Waals surface area contributed by atoms with Crippen LogP contribution in [0.2, 0.25) is 0 Å². The number of aliphatic hydroxyl groups excluding tert-OH is 1. The van der Waals surface area contributed by atoms with E-state index in [4.69, 9.17) is 9.72 Å². The Morgan fingerprint density at radius 3 is 2.65 bits per heavy atom. The molecule has 0 saturated carbocycles. The van der Waals surface area contributed by atoms with Gasteiger partial charge in [0.15, 0.2) is 0 Å². The molecule has 1 aliphatic rings. The van der Waals surface area contributed by atoms with Crippen LogP contribution in [0.4, 0.5) is 0 Å². The summed E-state index contributed by atoms with van der Waals surface area (Å²) < 4.78 is 7.03. The number of hydrogen-bond acceptors (Lipinski definition) is 6. The molecule has 31 heavy (non-hydrogen) atoms. The third-order valence-corrected chi connectivity index (χ3v) is 7.05. The second-order valence-corrected chi connectivity index (χ2v) is 9.47. The number of ketones is 1. The van der Waals surface area contributed by atoms with Crippen LogP contribution in [-0.4, -0.2) is 53.1 Å². The fourth-order valence-electron chi connectivity index (χ4n) is 4.04. The number of aryl methyl sites for hydroxylation is 1. The molecular weight excluding hydrogens is 408 g/mol. The van der Waals surface area contributed by atoms with E-state index in [0.29, 0.717) is 18.9 Å². The number of likely N-dealkylation sites (tertiary alicyclic amines) is 1. The summed E-state index contributed by atoms with van der Waals surface area (Å²) in [5.41, 5.74) is 2.23. The van der Waals surface area contributed by atoms with Crippen molar-refractivity contribution in [3.05, 3.63) is 59.1 Å². The highest BCUT2D eigenvalue weighted by Gasteiger charge is 2.24. The van der Waals surface area contributed by atoms with Gasteiger partial charge in [0.2, 0.25) is 0 Å². The van der Waals surface area contributed by atoms with Crippen LogP contribution in [0.5, 0.6) is 5.75 Å². The zero-order chi connectivity index (χ0) is 21.6. The Labute approximate surface area is 187 Å². The number of rotatable bonds is 9. The van der Waals surface area contributed by atoms with Crippen LogP contribution in [0.1, 0.15) is 42.7 Å². The summed E-state index contributed by atoms with van der Waals surface area (Å²) in [5.74, 6) is 1.47. The minimum absolute atomic E-state index is 0.201. The van der Waals surface area contributed by atoms with Gasteiger partial charge in [0.25, 0.3) is 0 Å². The van der Waals surface area contributed by atoms with Crippen molar-refractivity contribution in [3.63, 3.8) is 0 Å². The van der Waals surface area contributed by atoms with Crippen molar-refractivity contribution in [2.45, 2.75) is 44.6 Å². The number of para-hydroxylation sites is 1. The molecule has 2 aromatic carbocycles. The van der Waals surface area contributed by atoms with Crippen LogP contribution in [0.25, 0.3) is 10.2 Å². The van der Waals surface area contributed by atoms with Gasteiger partial charge in [0.1, 0.15) is 24.2 Å². The molecule has 0 spiro atoms. The Morgan fingerprint density at radius 1 is 1.19 bits per heavy atom. The van der Waals surface area contributed by atoms with Crippen molar-refractivity contribution in [2.75, 3.05) is 26.2 Å². The molecule has 1 unspecified atom stereocenters. The standard InChI is InChI=1S/C25H30N2O3S/c1-18(28)6-7-19-8-10-22(11-9-19)30-17-21(29)16-27-14-12-20(13-15-27)25-26-23-4-2-3-5-24(23)31-25/h2-5,8-11,20-21,29H,6-7,12-17H2,1H3. The number of piperidine rings is 1. The van der Waals surface area contributed by atoms with Gasteiger partial charge >= 0.3 is 0 Å². The highest BCUT2D eigenvalue weighted by Crippen LogP contribution is 2.33. The summed E-state index contributed by atoms with van der Waals surface area (Å²) in [6, 6.07) is 16.1. The molecule has 0 aliphatic carbocycles. The maximum atomic E-state index is 11.1. The van der Waals surface area contributed by atoms with Gasteiger partial charge in [0.05, 0.1) is 15.2 Å². The molecule has 1 aliphatic heterocycles. The number of Topliss-reactive ketones (excluding diaryl/α,β-unsaturated/α-hetero) is 1. The molecular formula is C25H30N2O3S. The number of hydrogen-bond donors (Lipinski definition) is 1. The molecule has 1 saturated heterocycles. The summed E-state index contributed by atoms with van der Waals surface area (Å²) >= 11 is 1.81. The fraction of sp³-hybridized carbons (Fsp3) is 0.440. The number of β-amino-alcohol motifs (C(OH)–C–C–N with tert-alkyl or cyclic N) is 1. The first kappa shape index (κ1) is 21.9. The third kappa shape index (κ3) is 6.12. The summed E-state index contributed by atoms with van der Waals surface area (Å²) in [4.78, 5) is 18.2. The molecule has 164 valence electrons. The quantitative estimate of drug-likeness (QED) is 0.535. The van der Waals surface area contributed by atoms with E-state index in [1.54, 1.807) is 6.92 Å². The van der Waals surface area contributed by atoms with Gasteiger partial charge in [-0.3, -0.25) is 0 Å². The van der Waals surface area contributed by atoms with E-state index in [9.17, 15) is 9.90 Å². The van der Waals surface area contributed by atoms with Crippen LogP contribution < -0.4 is 4.74 Å². The minimum Gasteiger partial charge on any atom is -0.491 e. The highest BCUT2D eigenvalue weighted by atomic mass is 32.1. The first-order valence-corrected chi connectivity index (χ1v) is 11.9. The lowest BCUT2D eigenvalue weighted by Gasteiger charge is -2.32. The second kappa shape index (κ2) is 10.4. The number of aromatic nitrogens is 1. The predicted molar refractivity (Wildman–Crippen MR) is 125 cm³/mol. The Morgan fingerprint density at radius 2 is 1.94 bits per heavy atom. The number of benzene rings is 2. The Balaban J connectivity index is 1.19. The normalized spacial score (nSPS) is 16.5. The number of fused-ring (bicyclic) bond motifs is 1. The molecule has 2 heterocycles. The zero-order valence-corrected chi connectivity index (χ0v) is 18.8. The van der Waals surface area contributed by atoms with Gasteiger partial charge in [-0.05, 0) is 69.1 Å². The van der Waals surface area contributed by atoms with Gasteiger partial charge < -0.3 is 19.5 Å². The smallest absolute Gasteiger partial charge is 0.130 e. The second-order valence-electron chi connectivity index (χ2n) is 8.41. The molecule has 1 fully saturated rings. The lowest BCUT2D eigenvalue weighted by atomic mass is 9.97. The number of thiazole rings is 1. The topological polar surface area (TPSA) is 62.7 Å². The first-order chi connectivity index (χ1) is 15.1. The molecule has 0 radical (unpaired) electrons. The van der Waals surface area contributed by atoms with E-state index in [1.165, 1.54) is 9.71 Å².